The van der Waals surface area contributed by atoms with E-state index in [9.17, 15) is 4.79 Å². The lowest BCUT2D eigenvalue weighted by Gasteiger charge is -2.12. The lowest BCUT2D eigenvalue weighted by molar-refractivity contribution is -0.131. The number of rotatable bonds is 6. The Hall–Kier alpha value is -1.75. The molecule has 0 heterocycles. The summed E-state index contributed by atoms with van der Waals surface area (Å²) >= 11 is 2.05. The minimum Gasteiger partial charge on any atom is -0.490 e. The molecule has 1 N–H and O–H groups in total. The summed E-state index contributed by atoms with van der Waals surface area (Å²) in [6, 6.07) is 5.33. The third-order valence-electron chi connectivity index (χ3n) is 2.03. The van der Waals surface area contributed by atoms with Gasteiger partial charge in [0, 0.05) is 6.08 Å². The quantitative estimate of drug-likeness (QED) is 0.613. The Morgan fingerprint density at radius 1 is 1.53 bits per heavy atom. The van der Waals surface area contributed by atoms with E-state index in [1.165, 1.54) is 6.08 Å². The van der Waals surface area contributed by atoms with E-state index < -0.39 is 5.97 Å². The van der Waals surface area contributed by atoms with Crippen molar-refractivity contribution < 1.29 is 19.4 Å². The van der Waals surface area contributed by atoms with Crippen molar-refractivity contribution in [2.45, 2.75) is 6.92 Å². The zero-order valence-electron chi connectivity index (χ0n) is 10.2. The first kappa shape index (κ1) is 15.3. The van der Waals surface area contributed by atoms with Gasteiger partial charge in [-0.15, -0.1) is 0 Å². The molecule has 0 aromatic heterocycles. The standard InChI is InChI=1S/C13H12INO4/c1-2-18-11-8-9(3-4-12(16)17)7-10(14)13(11)19-6-5-15/h3-4,7-8H,2,6H2,1H3,(H,16,17). The fourth-order valence-electron chi connectivity index (χ4n) is 1.36. The largest absolute Gasteiger partial charge is 0.490 e. The zero-order valence-corrected chi connectivity index (χ0v) is 12.4. The minimum atomic E-state index is -1.02. The van der Waals surface area contributed by atoms with Crippen molar-refractivity contribution in [1.82, 2.24) is 0 Å². The summed E-state index contributed by atoms with van der Waals surface area (Å²) in [5, 5.41) is 17.2. The highest BCUT2D eigenvalue weighted by atomic mass is 127. The molecule has 0 aliphatic rings. The summed E-state index contributed by atoms with van der Waals surface area (Å²) in [4.78, 5) is 10.5. The molecule has 1 aromatic rings. The normalized spacial score (nSPS) is 10.2. The van der Waals surface area contributed by atoms with Gasteiger partial charge in [0.15, 0.2) is 18.1 Å². The smallest absolute Gasteiger partial charge is 0.328 e. The van der Waals surface area contributed by atoms with E-state index in [0.717, 1.165) is 9.65 Å². The SMILES string of the molecule is CCOc1cc(C=CC(=O)O)cc(I)c1OCC#N. The third-order valence-corrected chi connectivity index (χ3v) is 2.83. The van der Waals surface area contributed by atoms with Crippen LogP contribution in [0.3, 0.4) is 0 Å². The van der Waals surface area contributed by atoms with Crippen molar-refractivity contribution in [1.29, 1.82) is 5.26 Å². The van der Waals surface area contributed by atoms with Crippen LogP contribution in [0.2, 0.25) is 0 Å². The Labute approximate surface area is 124 Å². The van der Waals surface area contributed by atoms with Crippen molar-refractivity contribution in [3.05, 3.63) is 27.3 Å². The van der Waals surface area contributed by atoms with Gasteiger partial charge in [-0.1, -0.05) is 0 Å². The zero-order chi connectivity index (χ0) is 14.3. The topological polar surface area (TPSA) is 79.6 Å². The monoisotopic (exact) mass is 373 g/mol. The molecule has 0 amide bonds. The van der Waals surface area contributed by atoms with Gasteiger partial charge in [-0.3, -0.25) is 0 Å². The summed E-state index contributed by atoms with van der Waals surface area (Å²) in [5.41, 5.74) is 0.694. The van der Waals surface area contributed by atoms with E-state index in [1.807, 2.05) is 13.0 Å². The molecular formula is C13H12INO4. The first-order valence-electron chi connectivity index (χ1n) is 5.45. The van der Waals surface area contributed by atoms with E-state index >= 15 is 0 Å². The Kier molecular flexibility index (Phi) is 6.15. The molecule has 1 rings (SSSR count). The second-order valence-corrected chi connectivity index (χ2v) is 4.54. The van der Waals surface area contributed by atoms with Gasteiger partial charge in [-0.2, -0.15) is 5.26 Å². The Morgan fingerprint density at radius 3 is 2.84 bits per heavy atom. The first-order chi connectivity index (χ1) is 9.08. The number of hydrogen-bond acceptors (Lipinski definition) is 4. The molecule has 0 aliphatic carbocycles. The van der Waals surface area contributed by atoms with Gasteiger partial charge in [0.1, 0.15) is 6.07 Å². The number of halogens is 1. The van der Waals surface area contributed by atoms with Crippen LogP contribution in [0, 0.1) is 14.9 Å². The number of benzene rings is 1. The molecule has 0 unspecified atom stereocenters. The van der Waals surface area contributed by atoms with Crippen molar-refractivity contribution in [2.75, 3.05) is 13.2 Å². The summed E-state index contributed by atoms with van der Waals surface area (Å²) in [7, 11) is 0. The molecule has 0 saturated heterocycles. The number of ether oxygens (including phenoxy) is 2. The lowest BCUT2D eigenvalue weighted by atomic mass is 10.2. The Bertz CT molecular complexity index is 534. The second-order valence-electron chi connectivity index (χ2n) is 3.38. The van der Waals surface area contributed by atoms with Gasteiger partial charge in [-0.25, -0.2) is 4.79 Å². The summed E-state index contributed by atoms with van der Waals surface area (Å²) in [6.07, 6.45) is 2.53. The third kappa shape index (κ3) is 4.79. The van der Waals surface area contributed by atoms with Crippen molar-refractivity contribution >= 4 is 34.6 Å². The van der Waals surface area contributed by atoms with E-state index in [1.54, 1.807) is 12.1 Å². The maximum absolute atomic E-state index is 10.5. The maximum atomic E-state index is 10.5. The molecule has 0 fully saturated rings. The molecule has 19 heavy (non-hydrogen) atoms. The van der Waals surface area contributed by atoms with Crippen LogP contribution in [0.1, 0.15) is 12.5 Å². The molecule has 0 spiro atoms. The highest BCUT2D eigenvalue weighted by Gasteiger charge is 2.11. The Balaban J connectivity index is 3.13. The van der Waals surface area contributed by atoms with E-state index in [-0.39, 0.29) is 6.61 Å². The fourth-order valence-corrected chi connectivity index (χ4v) is 2.14. The predicted molar refractivity (Wildman–Crippen MR) is 78.1 cm³/mol. The van der Waals surface area contributed by atoms with Crippen molar-refractivity contribution in [3.8, 4) is 17.6 Å². The maximum Gasteiger partial charge on any atom is 0.328 e. The van der Waals surface area contributed by atoms with E-state index in [0.29, 0.717) is 23.7 Å². The van der Waals surface area contributed by atoms with Crippen LogP contribution in [0.5, 0.6) is 11.5 Å². The van der Waals surface area contributed by atoms with E-state index in [4.69, 9.17) is 19.8 Å². The highest BCUT2D eigenvalue weighted by molar-refractivity contribution is 14.1. The average molecular weight is 373 g/mol. The van der Waals surface area contributed by atoms with Crippen molar-refractivity contribution in [2.24, 2.45) is 0 Å². The Morgan fingerprint density at radius 2 is 2.26 bits per heavy atom. The van der Waals surface area contributed by atoms with Crippen molar-refractivity contribution in [3.63, 3.8) is 0 Å². The molecular weight excluding hydrogens is 361 g/mol. The summed E-state index contributed by atoms with van der Waals surface area (Å²) in [5.74, 6) is -0.0241. The van der Waals surface area contributed by atoms with Gasteiger partial charge in [-0.05, 0) is 53.3 Å². The molecule has 5 nitrogen and oxygen atoms in total. The molecule has 0 atom stereocenters. The van der Waals surface area contributed by atoms with Crippen LogP contribution in [-0.4, -0.2) is 24.3 Å². The summed E-state index contributed by atoms with van der Waals surface area (Å²) < 4.78 is 11.5. The minimum absolute atomic E-state index is 0.0691. The number of nitrogens with zero attached hydrogens (tertiary/aromatic N) is 1. The van der Waals surface area contributed by atoms with E-state index in [2.05, 4.69) is 22.6 Å². The first-order valence-corrected chi connectivity index (χ1v) is 6.53. The van der Waals surface area contributed by atoms with Gasteiger partial charge in [0.05, 0.1) is 10.2 Å². The fraction of sp³-hybridized carbons (Fsp3) is 0.231. The van der Waals surface area contributed by atoms with Crippen LogP contribution in [0.25, 0.3) is 6.08 Å². The van der Waals surface area contributed by atoms with Gasteiger partial charge < -0.3 is 14.6 Å². The van der Waals surface area contributed by atoms with Crippen LogP contribution in [0.15, 0.2) is 18.2 Å². The average Bonchev–Trinajstić information content (AvgIpc) is 2.36. The van der Waals surface area contributed by atoms with Crippen LogP contribution >= 0.6 is 22.6 Å². The molecule has 0 aliphatic heterocycles. The molecule has 0 bridgehead atoms. The van der Waals surface area contributed by atoms with Crippen LogP contribution < -0.4 is 9.47 Å². The van der Waals surface area contributed by atoms with Gasteiger partial charge >= 0.3 is 5.97 Å². The van der Waals surface area contributed by atoms with Crippen LogP contribution in [0.4, 0.5) is 0 Å². The number of hydrogen-bond donors (Lipinski definition) is 1. The predicted octanol–water partition coefficient (Wildman–Crippen LogP) is 2.69. The number of aliphatic carboxylic acids is 1. The van der Waals surface area contributed by atoms with Gasteiger partial charge in [0.2, 0.25) is 0 Å². The molecule has 100 valence electrons. The molecule has 6 heteroatoms. The molecule has 0 saturated carbocycles. The molecule has 1 aromatic carbocycles. The number of carboxylic acid groups (broad SMARTS) is 1. The molecule has 0 radical (unpaired) electrons. The van der Waals surface area contributed by atoms with Crippen LogP contribution in [-0.2, 0) is 4.79 Å². The summed E-state index contributed by atoms with van der Waals surface area (Å²) in [6.45, 7) is 2.21. The number of carboxylic acids is 1. The van der Waals surface area contributed by atoms with Gasteiger partial charge in [0.25, 0.3) is 0 Å². The lowest BCUT2D eigenvalue weighted by Crippen LogP contribution is -2.01. The number of carbonyl (C=O) groups is 1. The number of nitriles is 1. The highest BCUT2D eigenvalue weighted by Crippen LogP contribution is 2.34. The second kappa shape index (κ2) is 7.63.